The summed E-state index contributed by atoms with van der Waals surface area (Å²) in [6, 6.07) is 2.22. The lowest BCUT2D eigenvalue weighted by Crippen LogP contribution is -2.43. The molecule has 1 aromatic rings. The van der Waals surface area contributed by atoms with Gasteiger partial charge in [-0.25, -0.2) is 4.98 Å². The second kappa shape index (κ2) is 5.54. The Hall–Kier alpha value is -0.670. The average molecular weight is 288 g/mol. The van der Waals surface area contributed by atoms with E-state index in [4.69, 9.17) is 23.2 Å². The first-order chi connectivity index (χ1) is 8.54. The van der Waals surface area contributed by atoms with Crippen LogP contribution in [0.4, 0.5) is 11.6 Å². The van der Waals surface area contributed by atoms with Gasteiger partial charge in [0.05, 0.1) is 10.0 Å². The van der Waals surface area contributed by atoms with E-state index in [0.29, 0.717) is 27.8 Å². The summed E-state index contributed by atoms with van der Waals surface area (Å²) in [6.45, 7) is 5.51. The Labute approximate surface area is 118 Å². The molecule has 0 saturated carbocycles. The number of aromatic nitrogens is 1. The van der Waals surface area contributed by atoms with Gasteiger partial charge < -0.3 is 10.2 Å². The summed E-state index contributed by atoms with van der Waals surface area (Å²) >= 11 is 12.4. The summed E-state index contributed by atoms with van der Waals surface area (Å²) in [7, 11) is 1.81. The fourth-order valence-electron chi connectivity index (χ4n) is 2.47. The van der Waals surface area contributed by atoms with Crippen molar-refractivity contribution in [2.24, 2.45) is 5.92 Å². The molecule has 5 heteroatoms. The quantitative estimate of drug-likeness (QED) is 0.889. The van der Waals surface area contributed by atoms with Crippen LogP contribution in [0, 0.1) is 5.92 Å². The lowest BCUT2D eigenvalue weighted by Gasteiger charge is -2.39. The molecule has 3 nitrogen and oxygen atoms in total. The zero-order chi connectivity index (χ0) is 13.3. The maximum atomic E-state index is 6.29. The summed E-state index contributed by atoms with van der Waals surface area (Å²) in [4.78, 5) is 6.84. The van der Waals surface area contributed by atoms with E-state index in [1.165, 1.54) is 12.8 Å². The van der Waals surface area contributed by atoms with E-state index in [2.05, 4.69) is 29.0 Å². The molecule has 1 fully saturated rings. The van der Waals surface area contributed by atoms with Gasteiger partial charge in [0.1, 0.15) is 11.6 Å². The largest absolute Gasteiger partial charge is 0.372 e. The maximum Gasteiger partial charge on any atom is 0.150 e. The van der Waals surface area contributed by atoms with Crippen LogP contribution in [0.25, 0.3) is 0 Å². The molecular weight excluding hydrogens is 269 g/mol. The van der Waals surface area contributed by atoms with Crippen molar-refractivity contribution in [3.05, 3.63) is 16.1 Å². The first-order valence-corrected chi connectivity index (χ1v) is 7.10. The van der Waals surface area contributed by atoms with Gasteiger partial charge in [0.2, 0.25) is 0 Å². The van der Waals surface area contributed by atoms with Gasteiger partial charge in [-0.2, -0.15) is 0 Å². The molecule has 0 bridgehead atoms. The number of anilines is 2. The number of hydrogen-bond acceptors (Lipinski definition) is 3. The van der Waals surface area contributed by atoms with Gasteiger partial charge in [0.25, 0.3) is 0 Å². The molecule has 1 aromatic heterocycles. The van der Waals surface area contributed by atoms with Crippen LogP contribution in [-0.2, 0) is 0 Å². The second-order valence-corrected chi connectivity index (χ2v) is 5.74. The van der Waals surface area contributed by atoms with Crippen LogP contribution in [0.2, 0.25) is 10.0 Å². The Morgan fingerprint density at radius 2 is 2.06 bits per heavy atom. The van der Waals surface area contributed by atoms with Gasteiger partial charge in [-0.3, -0.25) is 0 Å². The molecule has 0 amide bonds. The van der Waals surface area contributed by atoms with Crippen LogP contribution in [0.5, 0.6) is 0 Å². The number of pyridine rings is 1. The van der Waals surface area contributed by atoms with Gasteiger partial charge in [0.15, 0.2) is 0 Å². The summed E-state index contributed by atoms with van der Waals surface area (Å²) in [5.41, 5.74) is 0. The van der Waals surface area contributed by atoms with Crippen molar-refractivity contribution in [3.8, 4) is 0 Å². The van der Waals surface area contributed by atoms with Crippen molar-refractivity contribution in [3.63, 3.8) is 0 Å². The van der Waals surface area contributed by atoms with Crippen LogP contribution in [-0.4, -0.2) is 24.6 Å². The van der Waals surface area contributed by atoms with Crippen molar-refractivity contribution < 1.29 is 0 Å². The summed E-state index contributed by atoms with van der Waals surface area (Å²) in [5, 5.41) is 4.18. The highest BCUT2D eigenvalue weighted by molar-refractivity contribution is 6.37. The Bertz CT molecular complexity index is 436. The van der Waals surface area contributed by atoms with E-state index >= 15 is 0 Å². The molecule has 1 aliphatic rings. The molecule has 0 aromatic carbocycles. The predicted molar refractivity (Wildman–Crippen MR) is 79.0 cm³/mol. The van der Waals surface area contributed by atoms with Gasteiger partial charge in [-0.1, -0.05) is 30.1 Å². The molecule has 100 valence electrons. The number of piperidine rings is 1. The van der Waals surface area contributed by atoms with E-state index in [9.17, 15) is 0 Å². The minimum Gasteiger partial charge on any atom is -0.372 e. The monoisotopic (exact) mass is 287 g/mol. The van der Waals surface area contributed by atoms with Gasteiger partial charge in [-0.15, -0.1) is 0 Å². The minimum atomic E-state index is 0.453. The van der Waals surface area contributed by atoms with Crippen LogP contribution < -0.4 is 10.2 Å². The van der Waals surface area contributed by atoms with Crippen molar-refractivity contribution in [2.45, 2.75) is 32.7 Å². The molecule has 1 N–H and O–H groups in total. The first kappa shape index (κ1) is 13.8. The van der Waals surface area contributed by atoms with Gasteiger partial charge in [0, 0.05) is 19.6 Å². The number of halogens is 2. The molecular formula is C13H19Cl2N3. The Balaban J connectivity index is 2.37. The SMILES string of the molecule is CNc1nc(N2CCCC(C)C2C)c(Cl)cc1Cl. The normalized spacial score (nSPS) is 24.2. The fraction of sp³-hybridized carbons (Fsp3) is 0.615. The zero-order valence-electron chi connectivity index (χ0n) is 11.0. The highest BCUT2D eigenvalue weighted by Gasteiger charge is 2.27. The van der Waals surface area contributed by atoms with Gasteiger partial charge >= 0.3 is 0 Å². The van der Waals surface area contributed by atoms with Crippen molar-refractivity contribution in [1.29, 1.82) is 0 Å². The number of nitrogens with one attached hydrogen (secondary N) is 1. The van der Waals surface area contributed by atoms with Crippen molar-refractivity contribution in [1.82, 2.24) is 4.98 Å². The van der Waals surface area contributed by atoms with E-state index < -0.39 is 0 Å². The molecule has 18 heavy (non-hydrogen) atoms. The van der Waals surface area contributed by atoms with E-state index in [1.807, 2.05) is 7.05 Å². The van der Waals surface area contributed by atoms with Gasteiger partial charge in [-0.05, 0) is 31.7 Å². The molecule has 0 spiro atoms. The molecule has 2 atom stereocenters. The summed E-state index contributed by atoms with van der Waals surface area (Å²) in [6.07, 6.45) is 2.45. The zero-order valence-corrected chi connectivity index (χ0v) is 12.5. The average Bonchev–Trinajstić information content (AvgIpc) is 2.34. The van der Waals surface area contributed by atoms with E-state index in [-0.39, 0.29) is 0 Å². The summed E-state index contributed by atoms with van der Waals surface area (Å²) in [5.74, 6) is 2.18. The molecule has 1 saturated heterocycles. The third-order valence-electron chi connectivity index (χ3n) is 3.79. The Kier molecular flexibility index (Phi) is 4.23. The highest BCUT2D eigenvalue weighted by atomic mass is 35.5. The molecule has 2 heterocycles. The second-order valence-electron chi connectivity index (χ2n) is 4.93. The fourth-order valence-corrected chi connectivity index (χ4v) is 3.03. The highest BCUT2D eigenvalue weighted by Crippen LogP contribution is 2.35. The third kappa shape index (κ3) is 2.52. The van der Waals surface area contributed by atoms with E-state index in [1.54, 1.807) is 6.07 Å². The minimum absolute atomic E-state index is 0.453. The Morgan fingerprint density at radius 3 is 2.72 bits per heavy atom. The topological polar surface area (TPSA) is 28.2 Å². The predicted octanol–water partition coefficient (Wildman–Crippen LogP) is 4.05. The molecule has 0 aliphatic carbocycles. The third-order valence-corrected chi connectivity index (χ3v) is 4.36. The lowest BCUT2D eigenvalue weighted by molar-refractivity contribution is 0.361. The first-order valence-electron chi connectivity index (χ1n) is 6.35. The standard InChI is InChI=1S/C13H19Cl2N3/c1-8-5-4-6-18(9(8)2)13-11(15)7-10(14)12(16-3)17-13/h7-9H,4-6H2,1-3H3,(H,16,17). The van der Waals surface area contributed by atoms with Crippen LogP contribution in [0.1, 0.15) is 26.7 Å². The van der Waals surface area contributed by atoms with Crippen LogP contribution in [0.15, 0.2) is 6.07 Å². The lowest BCUT2D eigenvalue weighted by atomic mass is 9.92. The molecule has 0 radical (unpaired) electrons. The number of hydrogen-bond donors (Lipinski definition) is 1. The Morgan fingerprint density at radius 1 is 1.33 bits per heavy atom. The van der Waals surface area contributed by atoms with E-state index in [0.717, 1.165) is 12.4 Å². The maximum absolute atomic E-state index is 6.29. The van der Waals surface area contributed by atoms with Crippen molar-refractivity contribution in [2.75, 3.05) is 23.8 Å². The van der Waals surface area contributed by atoms with Crippen LogP contribution in [0.3, 0.4) is 0 Å². The smallest absolute Gasteiger partial charge is 0.150 e. The molecule has 1 aliphatic heterocycles. The van der Waals surface area contributed by atoms with Crippen molar-refractivity contribution >= 4 is 34.8 Å². The molecule has 2 rings (SSSR count). The number of rotatable bonds is 2. The van der Waals surface area contributed by atoms with Crippen LogP contribution >= 0.6 is 23.2 Å². The molecule has 2 unspecified atom stereocenters. The summed E-state index contributed by atoms with van der Waals surface area (Å²) < 4.78 is 0. The number of nitrogens with zero attached hydrogens (tertiary/aromatic N) is 2.